The number of nitrogens with one attached hydrogen (secondary N) is 1. The molecule has 2 aliphatic rings. The Morgan fingerprint density at radius 1 is 1.29 bits per heavy atom. The number of fused-ring (bicyclic) bond motifs is 1. The Balaban J connectivity index is 2.07. The van der Waals surface area contributed by atoms with E-state index < -0.39 is 0 Å². The first kappa shape index (κ1) is 8.75. The molecule has 1 saturated carbocycles. The maximum Gasteiger partial charge on any atom is 0.0456 e. The Hall–Kier alpha value is -0.530. The van der Waals surface area contributed by atoms with Crippen molar-refractivity contribution in [3.8, 4) is 0 Å². The predicted molar refractivity (Wildman–Crippen MR) is 58.6 cm³/mol. The number of hydrogen-bond acceptors (Lipinski definition) is 1. The average Bonchev–Trinajstić information content (AvgIpc) is 3.01. The molecule has 14 heavy (non-hydrogen) atoms. The van der Waals surface area contributed by atoms with Gasteiger partial charge in [0.15, 0.2) is 0 Å². The highest BCUT2D eigenvalue weighted by molar-refractivity contribution is 6.31. The van der Waals surface area contributed by atoms with Gasteiger partial charge < -0.3 is 5.32 Å². The molecule has 0 bridgehead atoms. The van der Waals surface area contributed by atoms with Gasteiger partial charge in [-0.1, -0.05) is 23.7 Å². The van der Waals surface area contributed by atoms with Crippen LogP contribution in [0.2, 0.25) is 5.02 Å². The summed E-state index contributed by atoms with van der Waals surface area (Å²) in [7, 11) is 0. The SMILES string of the molecule is Clc1cccc2c1C(C1CC1)NCC2. The first-order valence-electron chi connectivity index (χ1n) is 5.37. The molecule has 0 amide bonds. The van der Waals surface area contributed by atoms with E-state index in [2.05, 4.69) is 17.4 Å². The van der Waals surface area contributed by atoms with Crippen molar-refractivity contribution >= 4 is 11.6 Å². The largest absolute Gasteiger partial charge is 0.309 e. The summed E-state index contributed by atoms with van der Waals surface area (Å²) in [6, 6.07) is 6.84. The molecule has 1 unspecified atom stereocenters. The van der Waals surface area contributed by atoms with Gasteiger partial charge in [-0.3, -0.25) is 0 Å². The Morgan fingerprint density at radius 3 is 2.93 bits per heavy atom. The molecule has 1 N–H and O–H groups in total. The van der Waals surface area contributed by atoms with Crippen LogP contribution in [-0.4, -0.2) is 6.54 Å². The molecule has 0 spiro atoms. The summed E-state index contributed by atoms with van der Waals surface area (Å²) < 4.78 is 0. The Kier molecular flexibility index (Phi) is 2.03. The van der Waals surface area contributed by atoms with Crippen molar-refractivity contribution in [2.24, 2.45) is 5.92 Å². The monoisotopic (exact) mass is 207 g/mol. The summed E-state index contributed by atoms with van der Waals surface area (Å²) in [5.41, 5.74) is 2.83. The Bertz CT molecular complexity index is 357. The predicted octanol–water partition coefficient (Wildman–Crippen LogP) is 2.94. The minimum Gasteiger partial charge on any atom is -0.309 e. The van der Waals surface area contributed by atoms with E-state index in [1.165, 1.54) is 24.0 Å². The molecule has 1 aliphatic heterocycles. The molecule has 2 heteroatoms. The van der Waals surface area contributed by atoms with Crippen molar-refractivity contribution in [3.05, 3.63) is 34.3 Å². The lowest BCUT2D eigenvalue weighted by Gasteiger charge is -2.27. The average molecular weight is 208 g/mol. The van der Waals surface area contributed by atoms with Crippen LogP contribution in [0, 0.1) is 5.92 Å². The lowest BCUT2D eigenvalue weighted by molar-refractivity contribution is 0.458. The van der Waals surface area contributed by atoms with Crippen molar-refractivity contribution < 1.29 is 0 Å². The van der Waals surface area contributed by atoms with E-state index in [1.807, 2.05) is 6.07 Å². The minimum absolute atomic E-state index is 0.535. The van der Waals surface area contributed by atoms with E-state index in [0.29, 0.717) is 6.04 Å². The van der Waals surface area contributed by atoms with E-state index in [-0.39, 0.29) is 0 Å². The van der Waals surface area contributed by atoms with Gasteiger partial charge >= 0.3 is 0 Å². The standard InChI is InChI=1S/C12H14ClN/c13-10-3-1-2-8-6-7-14-12(11(8)10)9-4-5-9/h1-3,9,12,14H,4-7H2. The van der Waals surface area contributed by atoms with Gasteiger partial charge in [0.05, 0.1) is 0 Å². The van der Waals surface area contributed by atoms with E-state index in [9.17, 15) is 0 Å². The van der Waals surface area contributed by atoms with Gasteiger partial charge in [-0.15, -0.1) is 0 Å². The molecule has 3 rings (SSSR count). The zero-order chi connectivity index (χ0) is 9.54. The van der Waals surface area contributed by atoms with Crippen LogP contribution in [-0.2, 0) is 6.42 Å². The van der Waals surface area contributed by atoms with E-state index in [1.54, 1.807) is 0 Å². The molecule has 0 radical (unpaired) electrons. The summed E-state index contributed by atoms with van der Waals surface area (Å²) >= 11 is 6.27. The molecule has 0 saturated heterocycles. The smallest absolute Gasteiger partial charge is 0.0456 e. The Labute approximate surface area is 89.5 Å². The van der Waals surface area contributed by atoms with Crippen molar-refractivity contribution in [2.45, 2.75) is 25.3 Å². The first-order chi connectivity index (χ1) is 6.86. The van der Waals surface area contributed by atoms with Gasteiger partial charge in [0.2, 0.25) is 0 Å². The highest BCUT2D eigenvalue weighted by atomic mass is 35.5. The van der Waals surface area contributed by atoms with Crippen LogP contribution >= 0.6 is 11.6 Å². The molecule has 1 fully saturated rings. The molecule has 0 aromatic heterocycles. The molecule has 1 aliphatic carbocycles. The fourth-order valence-corrected chi connectivity index (χ4v) is 2.76. The van der Waals surface area contributed by atoms with Crippen molar-refractivity contribution in [1.29, 1.82) is 0 Å². The van der Waals surface area contributed by atoms with Crippen LogP contribution in [0.1, 0.15) is 30.0 Å². The number of benzene rings is 1. The van der Waals surface area contributed by atoms with Gasteiger partial charge in [0.25, 0.3) is 0 Å². The van der Waals surface area contributed by atoms with Crippen LogP contribution in [0.15, 0.2) is 18.2 Å². The second-order valence-electron chi connectivity index (χ2n) is 4.33. The van der Waals surface area contributed by atoms with Crippen molar-refractivity contribution in [2.75, 3.05) is 6.54 Å². The van der Waals surface area contributed by atoms with Gasteiger partial charge in [0.1, 0.15) is 0 Å². The third-order valence-corrected chi connectivity index (χ3v) is 3.64. The van der Waals surface area contributed by atoms with E-state index >= 15 is 0 Å². The number of hydrogen-bond donors (Lipinski definition) is 1. The highest BCUT2D eigenvalue weighted by Crippen LogP contribution is 2.45. The third-order valence-electron chi connectivity index (χ3n) is 3.31. The Morgan fingerprint density at radius 2 is 2.14 bits per heavy atom. The maximum absolute atomic E-state index is 6.27. The van der Waals surface area contributed by atoms with Gasteiger partial charge in [-0.05, 0) is 48.9 Å². The summed E-state index contributed by atoms with van der Waals surface area (Å²) in [6.07, 6.45) is 3.85. The molecule has 1 aromatic rings. The van der Waals surface area contributed by atoms with Gasteiger partial charge in [-0.25, -0.2) is 0 Å². The fourth-order valence-electron chi connectivity index (χ4n) is 2.44. The van der Waals surface area contributed by atoms with E-state index in [4.69, 9.17) is 11.6 Å². The highest BCUT2D eigenvalue weighted by Gasteiger charge is 2.35. The van der Waals surface area contributed by atoms with Gasteiger partial charge in [0, 0.05) is 11.1 Å². The van der Waals surface area contributed by atoms with E-state index in [0.717, 1.165) is 23.9 Å². The summed E-state index contributed by atoms with van der Waals surface area (Å²) in [4.78, 5) is 0. The molecule has 1 nitrogen and oxygen atoms in total. The molecule has 1 heterocycles. The second kappa shape index (κ2) is 3.25. The van der Waals surface area contributed by atoms with Crippen molar-refractivity contribution in [3.63, 3.8) is 0 Å². The lowest BCUT2D eigenvalue weighted by atomic mass is 9.91. The quantitative estimate of drug-likeness (QED) is 0.747. The zero-order valence-corrected chi connectivity index (χ0v) is 8.85. The van der Waals surface area contributed by atoms with Crippen LogP contribution in [0.3, 0.4) is 0 Å². The van der Waals surface area contributed by atoms with Crippen LogP contribution in [0.5, 0.6) is 0 Å². The van der Waals surface area contributed by atoms with Crippen LogP contribution < -0.4 is 5.32 Å². The number of halogens is 1. The third kappa shape index (κ3) is 1.35. The topological polar surface area (TPSA) is 12.0 Å². The number of rotatable bonds is 1. The maximum atomic E-state index is 6.27. The lowest BCUT2D eigenvalue weighted by Crippen LogP contribution is -2.31. The van der Waals surface area contributed by atoms with Crippen molar-refractivity contribution in [1.82, 2.24) is 5.32 Å². The molecular formula is C12H14ClN. The van der Waals surface area contributed by atoms with Gasteiger partial charge in [-0.2, -0.15) is 0 Å². The normalized spacial score (nSPS) is 25.9. The first-order valence-corrected chi connectivity index (χ1v) is 5.75. The summed E-state index contributed by atoms with van der Waals surface area (Å²) in [5, 5.41) is 4.54. The molecule has 74 valence electrons. The van der Waals surface area contributed by atoms with Crippen LogP contribution in [0.25, 0.3) is 0 Å². The second-order valence-corrected chi connectivity index (χ2v) is 4.74. The summed E-state index contributed by atoms with van der Waals surface area (Å²) in [5.74, 6) is 0.842. The zero-order valence-electron chi connectivity index (χ0n) is 8.09. The minimum atomic E-state index is 0.535. The summed E-state index contributed by atoms with van der Waals surface area (Å²) in [6.45, 7) is 1.11. The molecule has 1 aromatic carbocycles. The fraction of sp³-hybridized carbons (Fsp3) is 0.500. The van der Waals surface area contributed by atoms with Crippen LogP contribution in [0.4, 0.5) is 0 Å². The molecule has 1 atom stereocenters. The molecular weight excluding hydrogens is 194 g/mol.